The summed E-state index contributed by atoms with van der Waals surface area (Å²) < 4.78 is 13.6. The van der Waals surface area contributed by atoms with Crippen molar-refractivity contribution in [2.45, 2.75) is 65.1 Å². The summed E-state index contributed by atoms with van der Waals surface area (Å²) in [4.78, 5) is 15.7. The number of aliphatic hydroxyl groups excluding tert-OH is 2. The third-order valence-corrected chi connectivity index (χ3v) is 5.58. The number of pyridine rings is 1. The quantitative estimate of drug-likeness (QED) is 0.350. The molecule has 3 aromatic rings. The Morgan fingerprint density at radius 1 is 1.09 bits per heavy atom. The van der Waals surface area contributed by atoms with Gasteiger partial charge in [0, 0.05) is 22.9 Å². The summed E-state index contributed by atoms with van der Waals surface area (Å²) in [5.41, 5.74) is 4.23. The highest BCUT2D eigenvalue weighted by atomic mass is 19.1. The molecular formula is C28H34FNO4. The van der Waals surface area contributed by atoms with Crippen LogP contribution in [0, 0.1) is 5.82 Å². The molecule has 0 radical (unpaired) electrons. The zero-order chi connectivity index (χ0) is 25.3. The van der Waals surface area contributed by atoms with E-state index in [2.05, 4.69) is 13.8 Å². The highest BCUT2D eigenvalue weighted by molar-refractivity contribution is 5.99. The Morgan fingerprint density at radius 3 is 2.35 bits per heavy atom. The number of rotatable bonds is 9. The number of carbonyl (C=O) groups is 1. The van der Waals surface area contributed by atoms with Crippen LogP contribution >= 0.6 is 0 Å². The lowest BCUT2D eigenvalue weighted by atomic mass is 9.89. The normalized spacial score (nSPS) is 13.9. The molecule has 0 spiro atoms. The lowest BCUT2D eigenvalue weighted by Crippen LogP contribution is -2.19. The Kier molecular flexibility index (Phi) is 10.4. The topological polar surface area (TPSA) is 90.7 Å². The van der Waals surface area contributed by atoms with Gasteiger partial charge in [-0.25, -0.2) is 4.39 Å². The van der Waals surface area contributed by atoms with E-state index in [1.165, 1.54) is 12.1 Å². The van der Waals surface area contributed by atoms with Gasteiger partial charge in [0.25, 0.3) is 0 Å². The van der Waals surface area contributed by atoms with Gasteiger partial charge in [0.05, 0.1) is 29.8 Å². The van der Waals surface area contributed by atoms with E-state index in [-0.39, 0.29) is 18.2 Å². The van der Waals surface area contributed by atoms with Gasteiger partial charge < -0.3 is 15.3 Å². The van der Waals surface area contributed by atoms with Gasteiger partial charge in [0.1, 0.15) is 5.82 Å². The van der Waals surface area contributed by atoms with Gasteiger partial charge in [-0.1, -0.05) is 70.2 Å². The number of benzene rings is 2. The Bertz CT molecular complexity index is 1110. The summed E-state index contributed by atoms with van der Waals surface area (Å²) >= 11 is 0. The van der Waals surface area contributed by atoms with Crippen molar-refractivity contribution in [1.29, 1.82) is 0 Å². The number of hydrogen-bond acceptors (Lipinski definition) is 4. The zero-order valence-corrected chi connectivity index (χ0v) is 20.2. The number of aliphatic carboxylic acids is 1. The lowest BCUT2D eigenvalue weighted by Gasteiger charge is -2.19. The van der Waals surface area contributed by atoms with Crippen molar-refractivity contribution in [3.8, 4) is 11.1 Å². The van der Waals surface area contributed by atoms with Crippen LogP contribution in [0.4, 0.5) is 4.39 Å². The fourth-order valence-electron chi connectivity index (χ4n) is 3.76. The van der Waals surface area contributed by atoms with Crippen molar-refractivity contribution in [2.75, 3.05) is 0 Å². The molecule has 0 saturated heterocycles. The Hall–Kier alpha value is -3.09. The molecule has 0 aliphatic heterocycles. The minimum absolute atomic E-state index is 0.0889. The number of carboxylic acid groups (broad SMARTS) is 1. The third-order valence-electron chi connectivity index (χ3n) is 5.58. The molecule has 6 heteroatoms. The standard InChI is InChI=1S/C26H28FNO4.C2H6/c1-3-16(2)26-22(13-12-19(29)14-20(30)15-24(31)32)25(17-8-10-18(27)11-9-17)21-6-4-5-7-23(21)28-26;1-2/h4-13,16,19-20,29-30H,3,14-15H2,1-2H3,(H,31,32);1-2H3/b13-12+;/t16?,19-,20-;/m1./s1. The molecule has 0 saturated carbocycles. The summed E-state index contributed by atoms with van der Waals surface area (Å²) in [5, 5.41) is 30.0. The lowest BCUT2D eigenvalue weighted by molar-refractivity contribution is -0.139. The van der Waals surface area contributed by atoms with Gasteiger partial charge in [-0.05, 0) is 36.1 Å². The van der Waals surface area contributed by atoms with Crippen LogP contribution in [-0.4, -0.2) is 38.5 Å². The first-order valence-corrected chi connectivity index (χ1v) is 11.7. The van der Waals surface area contributed by atoms with Crippen molar-refractivity contribution < 1.29 is 24.5 Å². The maximum absolute atomic E-state index is 13.6. The van der Waals surface area contributed by atoms with Gasteiger partial charge in [-0.15, -0.1) is 0 Å². The van der Waals surface area contributed by atoms with Crippen molar-refractivity contribution in [1.82, 2.24) is 4.98 Å². The molecule has 0 fully saturated rings. The number of hydrogen-bond donors (Lipinski definition) is 3. The molecule has 3 rings (SSSR count). The number of aliphatic hydroxyl groups is 2. The van der Waals surface area contributed by atoms with E-state index in [0.29, 0.717) is 0 Å². The van der Waals surface area contributed by atoms with Gasteiger partial charge in [0.15, 0.2) is 0 Å². The van der Waals surface area contributed by atoms with Gasteiger partial charge in [0.2, 0.25) is 0 Å². The highest BCUT2D eigenvalue weighted by Crippen LogP contribution is 2.37. The van der Waals surface area contributed by atoms with E-state index < -0.39 is 24.6 Å². The molecule has 2 aromatic carbocycles. The van der Waals surface area contributed by atoms with Crippen LogP contribution in [0.2, 0.25) is 0 Å². The minimum atomic E-state index is -1.15. The number of fused-ring (bicyclic) bond motifs is 1. The van der Waals surface area contributed by atoms with E-state index >= 15 is 0 Å². The first-order chi connectivity index (χ1) is 16.3. The van der Waals surface area contributed by atoms with E-state index in [9.17, 15) is 19.4 Å². The van der Waals surface area contributed by atoms with E-state index in [4.69, 9.17) is 10.1 Å². The third kappa shape index (κ3) is 6.95. The van der Waals surface area contributed by atoms with Gasteiger partial charge >= 0.3 is 5.97 Å². The predicted octanol–water partition coefficient (Wildman–Crippen LogP) is 6.18. The summed E-state index contributed by atoms with van der Waals surface area (Å²) in [5.74, 6) is -1.31. The van der Waals surface area contributed by atoms with Crippen LogP contribution in [0.1, 0.15) is 64.1 Å². The zero-order valence-electron chi connectivity index (χ0n) is 20.2. The van der Waals surface area contributed by atoms with Crippen LogP contribution in [0.3, 0.4) is 0 Å². The van der Waals surface area contributed by atoms with Crippen LogP contribution in [0.15, 0.2) is 54.6 Å². The predicted molar refractivity (Wildman–Crippen MR) is 135 cm³/mol. The fraction of sp³-hybridized carbons (Fsp3) is 0.357. The number of nitrogens with zero attached hydrogens (tertiary/aromatic N) is 1. The van der Waals surface area contributed by atoms with E-state index in [0.717, 1.165) is 39.7 Å². The average Bonchev–Trinajstić information content (AvgIpc) is 2.82. The number of carboxylic acids is 1. The molecule has 0 amide bonds. The van der Waals surface area contributed by atoms with Crippen molar-refractivity contribution in [3.63, 3.8) is 0 Å². The summed E-state index contributed by atoms with van der Waals surface area (Å²) in [6.45, 7) is 8.15. The highest BCUT2D eigenvalue weighted by Gasteiger charge is 2.19. The summed E-state index contributed by atoms with van der Waals surface area (Å²) in [6, 6.07) is 14.0. The number of aromatic nitrogens is 1. The molecule has 5 nitrogen and oxygen atoms in total. The van der Waals surface area contributed by atoms with Crippen LogP contribution in [0.5, 0.6) is 0 Å². The first kappa shape index (κ1) is 27.2. The molecule has 34 heavy (non-hydrogen) atoms. The molecule has 182 valence electrons. The molecule has 3 N–H and O–H groups in total. The number of halogens is 1. The molecule has 0 aliphatic rings. The largest absolute Gasteiger partial charge is 0.481 e. The Labute approximate surface area is 200 Å². The molecule has 3 atom stereocenters. The molecule has 1 unspecified atom stereocenters. The monoisotopic (exact) mass is 467 g/mol. The molecule has 1 heterocycles. The molecule has 0 aliphatic carbocycles. The van der Waals surface area contributed by atoms with Crippen molar-refractivity contribution >= 4 is 22.9 Å². The minimum Gasteiger partial charge on any atom is -0.481 e. The molecule has 0 bridgehead atoms. The van der Waals surface area contributed by atoms with Crippen molar-refractivity contribution in [2.24, 2.45) is 0 Å². The maximum atomic E-state index is 13.6. The van der Waals surface area contributed by atoms with Gasteiger partial charge in [-0.2, -0.15) is 0 Å². The summed E-state index contributed by atoms with van der Waals surface area (Å²) in [7, 11) is 0. The van der Waals surface area contributed by atoms with Crippen LogP contribution in [-0.2, 0) is 4.79 Å². The fourth-order valence-corrected chi connectivity index (χ4v) is 3.76. The smallest absolute Gasteiger partial charge is 0.305 e. The van der Waals surface area contributed by atoms with Crippen LogP contribution < -0.4 is 0 Å². The molecular weight excluding hydrogens is 433 g/mol. The van der Waals surface area contributed by atoms with E-state index in [1.54, 1.807) is 24.3 Å². The molecule has 1 aromatic heterocycles. The second kappa shape index (κ2) is 13.0. The van der Waals surface area contributed by atoms with Gasteiger partial charge in [-0.3, -0.25) is 9.78 Å². The summed E-state index contributed by atoms with van der Waals surface area (Å²) in [6.07, 6.45) is 1.49. The van der Waals surface area contributed by atoms with Crippen LogP contribution in [0.25, 0.3) is 28.1 Å². The maximum Gasteiger partial charge on any atom is 0.305 e. The SMILES string of the molecule is CC.CCC(C)c1nc2ccccc2c(-c2ccc(F)cc2)c1/C=C/[C@@H](O)C[C@@H](O)CC(=O)O. The van der Waals surface area contributed by atoms with Crippen molar-refractivity contribution in [3.05, 3.63) is 71.7 Å². The number of para-hydroxylation sites is 1. The Balaban J connectivity index is 0.00000199. The average molecular weight is 468 g/mol. The van der Waals surface area contributed by atoms with E-state index in [1.807, 2.05) is 38.1 Å². The Morgan fingerprint density at radius 2 is 1.74 bits per heavy atom. The first-order valence-electron chi connectivity index (χ1n) is 11.7. The second-order valence-electron chi connectivity index (χ2n) is 8.03. The second-order valence-corrected chi connectivity index (χ2v) is 8.03.